The normalized spacial score (nSPS) is 11.1. The van der Waals surface area contributed by atoms with E-state index in [1.54, 1.807) is 18.5 Å². The first-order chi connectivity index (χ1) is 16.1. The third-order valence-corrected chi connectivity index (χ3v) is 5.33. The molecular weight excluding hydrogens is 414 g/mol. The van der Waals surface area contributed by atoms with Crippen molar-refractivity contribution >= 4 is 22.9 Å². The van der Waals surface area contributed by atoms with Crippen LogP contribution in [0.4, 0.5) is 0 Å². The van der Waals surface area contributed by atoms with Crippen LogP contribution in [0.1, 0.15) is 34.0 Å². The molecule has 0 fully saturated rings. The fourth-order valence-corrected chi connectivity index (χ4v) is 3.63. The van der Waals surface area contributed by atoms with Crippen molar-refractivity contribution in [3.05, 3.63) is 112 Å². The first-order valence-corrected chi connectivity index (χ1v) is 10.8. The van der Waals surface area contributed by atoms with Gasteiger partial charge in [0.1, 0.15) is 11.3 Å². The summed E-state index contributed by atoms with van der Waals surface area (Å²) >= 11 is 0. The van der Waals surface area contributed by atoms with Gasteiger partial charge < -0.3 is 9.30 Å². The molecule has 4 aromatic rings. The topological polar surface area (TPSA) is 72.7 Å². The quantitative estimate of drug-likeness (QED) is 0.340. The monoisotopic (exact) mass is 439 g/mol. The fraction of sp³-hybridized carbons (Fsp3) is 0.148. The second-order valence-electron chi connectivity index (χ2n) is 7.67. The van der Waals surface area contributed by atoms with Crippen LogP contribution < -0.4 is 15.7 Å². The average Bonchev–Trinajstić information content (AvgIpc) is 2.83. The molecule has 1 heterocycles. The average molecular weight is 440 g/mol. The van der Waals surface area contributed by atoms with Gasteiger partial charge in [-0.3, -0.25) is 9.59 Å². The number of carbonyl (C=O) groups is 1. The number of nitrogens with one attached hydrogen (secondary N) is 1. The second-order valence-corrected chi connectivity index (χ2v) is 7.67. The molecule has 0 aliphatic heterocycles. The van der Waals surface area contributed by atoms with Crippen LogP contribution in [0.2, 0.25) is 0 Å². The van der Waals surface area contributed by atoms with E-state index < -0.39 is 5.91 Å². The summed E-state index contributed by atoms with van der Waals surface area (Å²) in [7, 11) is 0. The van der Waals surface area contributed by atoms with Crippen molar-refractivity contribution in [2.75, 3.05) is 6.61 Å². The number of hydrogen-bond donors (Lipinski definition) is 1. The van der Waals surface area contributed by atoms with Gasteiger partial charge in [-0.1, -0.05) is 60.2 Å². The van der Waals surface area contributed by atoms with E-state index in [0.29, 0.717) is 18.9 Å². The number of aryl methyl sites for hydroxylation is 1. The predicted octanol–water partition coefficient (Wildman–Crippen LogP) is 4.52. The van der Waals surface area contributed by atoms with Crippen molar-refractivity contribution in [2.45, 2.75) is 20.4 Å². The molecule has 166 valence electrons. The van der Waals surface area contributed by atoms with Crippen LogP contribution in [-0.4, -0.2) is 23.3 Å². The zero-order valence-corrected chi connectivity index (χ0v) is 18.6. The minimum absolute atomic E-state index is 0.0321. The zero-order valence-electron chi connectivity index (χ0n) is 18.6. The van der Waals surface area contributed by atoms with Crippen LogP contribution in [0.15, 0.2) is 88.9 Å². The van der Waals surface area contributed by atoms with Gasteiger partial charge in [0.2, 0.25) is 0 Å². The number of pyridine rings is 1. The van der Waals surface area contributed by atoms with Gasteiger partial charge in [0.15, 0.2) is 0 Å². The molecule has 6 nitrogen and oxygen atoms in total. The number of hydrazone groups is 1. The summed E-state index contributed by atoms with van der Waals surface area (Å²) in [6.07, 6.45) is 3.23. The number of amides is 1. The summed E-state index contributed by atoms with van der Waals surface area (Å²) in [4.78, 5) is 25.6. The summed E-state index contributed by atoms with van der Waals surface area (Å²) in [6, 6.07) is 22.9. The summed E-state index contributed by atoms with van der Waals surface area (Å²) in [5, 5.41) is 6.12. The van der Waals surface area contributed by atoms with Crippen LogP contribution in [-0.2, 0) is 6.54 Å². The molecule has 0 radical (unpaired) electrons. The maximum absolute atomic E-state index is 12.9. The number of ether oxygens (including phenoxy) is 1. The Labute approximate surface area is 192 Å². The number of benzene rings is 3. The van der Waals surface area contributed by atoms with Crippen LogP contribution in [0.25, 0.3) is 10.8 Å². The van der Waals surface area contributed by atoms with Crippen molar-refractivity contribution in [2.24, 2.45) is 5.10 Å². The summed E-state index contributed by atoms with van der Waals surface area (Å²) in [5.41, 5.74) is 5.04. The molecular formula is C27H25N3O3. The predicted molar refractivity (Wildman–Crippen MR) is 131 cm³/mol. The highest BCUT2D eigenvalue weighted by Gasteiger charge is 2.12. The fourth-order valence-electron chi connectivity index (χ4n) is 3.63. The molecule has 0 atom stereocenters. The lowest BCUT2D eigenvalue weighted by Gasteiger charge is -2.10. The molecule has 0 spiro atoms. The van der Waals surface area contributed by atoms with Gasteiger partial charge in [-0.05, 0) is 48.4 Å². The Bertz CT molecular complexity index is 1370. The van der Waals surface area contributed by atoms with Crippen LogP contribution >= 0.6 is 0 Å². The Balaban J connectivity index is 1.56. The molecule has 4 rings (SSSR count). The Morgan fingerprint density at radius 1 is 1.03 bits per heavy atom. The summed E-state index contributed by atoms with van der Waals surface area (Å²) in [5.74, 6) is 0.113. The molecule has 1 aromatic heterocycles. The lowest BCUT2D eigenvalue weighted by Crippen LogP contribution is -2.30. The first-order valence-electron chi connectivity index (χ1n) is 10.8. The first kappa shape index (κ1) is 22.0. The Hall–Kier alpha value is -4.19. The van der Waals surface area contributed by atoms with E-state index in [-0.39, 0.29) is 11.1 Å². The van der Waals surface area contributed by atoms with Crippen molar-refractivity contribution in [1.82, 2.24) is 9.99 Å². The standard InChI is InChI=1S/C27H25N3O3/c1-3-33-25-15-14-21-7-4-5-8-22(21)24(25)17-28-29-26(31)23-9-6-16-30(27(23)32)18-20-12-10-19(2)11-13-20/h4-17H,3,18H2,1-2H3,(H,29,31)/b28-17-. The van der Waals surface area contributed by atoms with Crippen LogP contribution in [0.5, 0.6) is 5.75 Å². The number of nitrogens with zero attached hydrogens (tertiary/aromatic N) is 2. The van der Waals surface area contributed by atoms with E-state index in [1.165, 1.54) is 10.6 Å². The van der Waals surface area contributed by atoms with E-state index in [4.69, 9.17) is 4.74 Å². The van der Waals surface area contributed by atoms with Crippen LogP contribution in [0, 0.1) is 6.92 Å². The highest BCUT2D eigenvalue weighted by Crippen LogP contribution is 2.26. The van der Waals surface area contributed by atoms with E-state index in [2.05, 4.69) is 10.5 Å². The summed E-state index contributed by atoms with van der Waals surface area (Å²) < 4.78 is 7.24. The molecule has 0 saturated carbocycles. The molecule has 6 heteroatoms. The van der Waals surface area contributed by atoms with Crippen molar-refractivity contribution < 1.29 is 9.53 Å². The number of aromatic nitrogens is 1. The molecule has 0 aliphatic rings. The smallest absolute Gasteiger partial charge is 0.276 e. The molecule has 0 bridgehead atoms. The number of rotatable bonds is 7. The van der Waals surface area contributed by atoms with Crippen molar-refractivity contribution in [1.29, 1.82) is 0 Å². The van der Waals surface area contributed by atoms with Gasteiger partial charge in [-0.25, -0.2) is 5.43 Å². The van der Waals surface area contributed by atoms with E-state index >= 15 is 0 Å². The summed E-state index contributed by atoms with van der Waals surface area (Å²) in [6.45, 7) is 4.82. The highest BCUT2D eigenvalue weighted by molar-refractivity contribution is 6.03. The van der Waals surface area contributed by atoms with Gasteiger partial charge in [-0.2, -0.15) is 5.10 Å². The van der Waals surface area contributed by atoms with E-state index in [0.717, 1.165) is 27.5 Å². The Morgan fingerprint density at radius 2 is 1.82 bits per heavy atom. The minimum atomic E-state index is -0.562. The molecule has 0 saturated heterocycles. The third kappa shape index (κ3) is 5.01. The molecule has 1 amide bonds. The minimum Gasteiger partial charge on any atom is -0.493 e. The molecule has 33 heavy (non-hydrogen) atoms. The molecule has 0 aliphatic carbocycles. The Morgan fingerprint density at radius 3 is 2.61 bits per heavy atom. The van der Waals surface area contributed by atoms with Crippen molar-refractivity contribution in [3.63, 3.8) is 0 Å². The SMILES string of the molecule is CCOc1ccc2ccccc2c1/C=N\NC(=O)c1cccn(Cc2ccc(C)cc2)c1=O. The maximum Gasteiger partial charge on any atom is 0.276 e. The Kier molecular flexibility index (Phi) is 6.64. The van der Waals surface area contributed by atoms with Crippen LogP contribution in [0.3, 0.4) is 0 Å². The lowest BCUT2D eigenvalue weighted by molar-refractivity contribution is 0.0953. The van der Waals surface area contributed by atoms with E-state index in [1.807, 2.05) is 74.5 Å². The molecule has 1 N–H and O–H groups in total. The second kappa shape index (κ2) is 9.96. The van der Waals surface area contributed by atoms with Gasteiger partial charge in [0.05, 0.1) is 19.4 Å². The van der Waals surface area contributed by atoms with E-state index in [9.17, 15) is 9.59 Å². The van der Waals surface area contributed by atoms with Gasteiger partial charge in [0, 0.05) is 11.8 Å². The highest BCUT2D eigenvalue weighted by atomic mass is 16.5. The number of carbonyl (C=O) groups excluding carboxylic acids is 1. The lowest BCUT2D eigenvalue weighted by atomic mass is 10.0. The molecule has 0 unspecified atom stereocenters. The number of hydrogen-bond acceptors (Lipinski definition) is 4. The maximum atomic E-state index is 12.9. The number of fused-ring (bicyclic) bond motifs is 1. The van der Waals surface area contributed by atoms with Gasteiger partial charge in [-0.15, -0.1) is 0 Å². The third-order valence-electron chi connectivity index (χ3n) is 5.33. The van der Waals surface area contributed by atoms with Gasteiger partial charge >= 0.3 is 0 Å². The largest absolute Gasteiger partial charge is 0.493 e. The zero-order chi connectivity index (χ0) is 23.2. The van der Waals surface area contributed by atoms with Gasteiger partial charge in [0.25, 0.3) is 11.5 Å². The van der Waals surface area contributed by atoms with Crippen molar-refractivity contribution in [3.8, 4) is 5.75 Å². The molecule has 3 aromatic carbocycles.